The van der Waals surface area contributed by atoms with Crippen LogP contribution in [0.4, 0.5) is 17.1 Å². The van der Waals surface area contributed by atoms with Gasteiger partial charge in [-0.05, 0) is 91.2 Å². The normalized spacial score (nSPS) is 11.7. The van der Waals surface area contributed by atoms with E-state index in [1.165, 1.54) is 42.6 Å². The number of hydrogen-bond acceptors (Lipinski definition) is 2. The molecule has 0 aliphatic rings. The van der Waals surface area contributed by atoms with Gasteiger partial charge in [-0.1, -0.05) is 188 Å². The standard InChI is InChI=1S/C56H39NOSi/c1-4-17-46(18-5-1)59(47-19-6-2-7-20-47,48-21-8-3-9-22-48)49-35-29-41(30-36-49)40-27-32-44(33-28-40)57(54-25-14-16-42-15-10-11-23-50(42)54)45-34-38-51-43(39-45)31-37-53-52-24-12-13-26-55(52)58-56(51)53/h1-39H. The average Bonchev–Trinajstić information content (AvgIpc) is 3.70. The van der Waals surface area contributed by atoms with Gasteiger partial charge in [0, 0.05) is 32.9 Å². The molecule has 0 spiro atoms. The van der Waals surface area contributed by atoms with E-state index in [4.69, 9.17) is 4.42 Å². The lowest BCUT2D eigenvalue weighted by Crippen LogP contribution is -2.74. The third-order valence-corrected chi connectivity index (χ3v) is 16.8. The van der Waals surface area contributed by atoms with Crippen molar-refractivity contribution in [2.45, 2.75) is 0 Å². The molecule has 1 heterocycles. The maximum absolute atomic E-state index is 6.43. The molecule has 0 aliphatic carbocycles. The minimum absolute atomic E-state index is 0.913. The first-order valence-electron chi connectivity index (χ1n) is 20.3. The van der Waals surface area contributed by atoms with Crippen LogP contribution in [0.25, 0.3) is 54.6 Å². The topological polar surface area (TPSA) is 16.4 Å². The highest BCUT2D eigenvalue weighted by molar-refractivity contribution is 7.19. The Morgan fingerprint density at radius 3 is 1.49 bits per heavy atom. The summed E-state index contributed by atoms with van der Waals surface area (Å²) < 4.78 is 6.43. The zero-order valence-electron chi connectivity index (χ0n) is 32.4. The Morgan fingerprint density at radius 2 is 0.831 bits per heavy atom. The number of furan rings is 1. The maximum Gasteiger partial charge on any atom is 0.179 e. The fraction of sp³-hybridized carbons (Fsp3) is 0. The van der Waals surface area contributed by atoms with Gasteiger partial charge in [0.1, 0.15) is 11.2 Å². The molecule has 0 atom stereocenters. The van der Waals surface area contributed by atoms with Crippen molar-refractivity contribution in [2.75, 3.05) is 4.90 Å². The van der Waals surface area contributed by atoms with Gasteiger partial charge < -0.3 is 9.32 Å². The molecule has 0 N–H and O–H groups in total. The Hall–Kier alpha value is -7.46. The second-order valence-corrected chi connectivity index (χ2v) is 19.1. The van der Waals surface area contributed by atoms with Crippen molar-refractivity contribution in [3.05, 3.63) is 237 Å². The van der Waals surface area contributed by atoms with Crippen molar-refractivity contribution >= 4 is 89.4 Å². The van der Waals surface area contributed by atoms with Crippen molar-refractivity contribution < 1.29 is 4.42 Å². The van der Waals surface area contributed by atoms with Crippen LogP contribution in [0.15, 0.2) is 241 Å². The maximum atomic E-state index is 6.43. The molecule has 0 saturated heterocycles. The van der Waals surface area contributed by atoms with Crippen LogP contribution in [0, 0.1) is 0 Å². The van der Waals surface area contributed by atoms with Gasteiger partial charge in [0.15, 0.2) is 8.07 Å². The number of benzene rings is 10. The Labute approximate surface area is 344 Å². The highest BCUT2D eigenvalue weighted by Gasteiger charge is 2.41. The summed E-state index contributed by atoms with van der Waals surface area (Å²) in [6.07, 6.45) is 0. The summed E-state index contributed by atoms with van der Waals surface area (Å²) in [5, 5.41) is 12.4. The van der Waals surface area contributed by atoms with Crippen molar-refractivity contribution in [3.63, 3.8) is 0 Å². The third-order valence-electron chi connectivity index (χ3n) is 12.0. The molecule has 0 aliphatic heterocycles. The molecule has 0 saturated carbocycles. The number of fused-ring (bicyclic) bond motifs is 6. The van der Waals surface area contributed by atoms with Gasteiger partial charge in [0.05, 0.1) is 5.69 Å². The fourth-order valence-corrected chi connectivity index (χ4v) is 14.0. The second kappa shape index (κ2) is 14.5. The summed E-state index contributed by atoms with van der Waals surface area (Å²) in [5.41, 5.74) is 7.52. The van der Waals surface area contributed by atoms with Crippen LogP contribution >= 0.6 is 0 Å². The number of rotatable bonds is 8. The predicted molar refractivity (Wildman–Crippen MR) is 252 cm³/mol. The van der Waals surface area contributed by atoms with Gasteiger partial charge in [-0.3, -0.25) is 0 Å². The fourth-order valence-electron chi connectivity index (χ4n) is 9.25. The molecular formula is C56H39NOSi. The average molecular weight is 770 g/mol. The Kier molecular flexibility index (Phi) is 8.53. The van der Waals surface area contributed by atoms with Crippen molar-refractivity contribution in [3.8, 4) is 11.1 Å². The molecule has 11 rings (SSSR count). The summed E-state index contributed by atoms with van der Waals surface area (Å²) in [7, 11) is -2.60. The van der Waals surface area contributed by atoms with E-state index in [9.17, 15) is 0 Å². The molecule has 11 aromatic rings. The summed E-state index contributed by atoms with van der Waals surface area (Å²) >= 11 is 0. The van der Waals surface area contributed by atoms with Gasteiger partial charge in [0.2, 0.25) is 0 Å². The Bertz CT molecular complexity index is 3150. The highest BCUT2D eigenvalue weighted by Crippen LogP contribution is 2.42. The summed E-state index contributed by atoms with van der Waals surface area (Å²) in [6.45, 7) is 0. The van der Waals surface area contributed by atoms with Crippen LogP contribution in [0.1, 0.15) is 0 Å². The number of anilines is 3. The lowest BCUT2D eigenvalue weighted by atomic mass is 10.0. The van der Waals surface area contributed by atoms with Crippen LogP contribution in [0.3, 0.4) is 0 Å². The smallest absolute Gasteiger partial charge is 0.179 e. The highest BCUT2D eigenvalue weighted by atomic mass is 28.3. The van der Waals surface area contributed by atoms with Crippen molar-refractivity contribution in [1.82, 2.24) is 0 Å². The quantitative estimate of drug-likeness (QED) is 0.113. The van der Waals surface area contributed by atoms with Crippen LogP contribution in [0.2, 0.25) is 0 Å². The molecule has 0 radical (unpaired) electrons. The van der Waals surface area contributed by atoms with Crippen LogP contribution in [-0.2, 0) is 0 Å². The Morgan fingerprint density at radius 1 is 0.322 bits per heavy atom. The first-order valence-corrected chi connectivity index (χ1v) is 22.3. The minimum Gasteiger partial charge on any atom is -0.455 e. The molecule has 2 nitrogen and oxygen atoms in total. The summed E-state index contributed by atoms with van der Waals surface area (Å²) in [4.78, 5) is 2.39. The number of nitrogens with zero attached hydrogens (tertiary/aromatic N) is 1. The number of hydrogen-bond donors (Lipinski definition) is 0. The van der Waals surface area contributed by atoms with E-state index < -0.39 is 8.07 Å². The van der Waals surface area contributed by atoms with Crippen molar-refractivity contribution in [2.24, 2.45) is 0 Å². The van der Waals surface area contributed by atoms with E-state index in [1.807, 2.05) is 12.1 Å². The number of para-hydroxylation sites is 1. The molecule has 1 aromatic heterocycles. The van der Waals surface area contributed by atoms with E-state index in [0.29, 0.717) is 0 Å². The van der Waals surface area contributed by atoms with E-state index in [-0.39, 0.29) is 0 Å². The molecular weight excluding hydrogens is 731 g/mol. The van der Waals surface area contributed by atoms with E-state index >= 15 is 0 Å². The van der Waals surface area contributed by atoms with Gasteiger partial charge in [0.25, 0.3) is 0 Å². The molecule has 0 bridgehead atoms. The molecule has 0 amide bonds. The SMILES string of the molecule is c1ccc([Si](c2ccccc2)(c2ccccc2)c2ccc(-c3ccc(N(c4ccc5c(ccc6c7ccccc7oc56)c4)c4cccc5ccccc45)cc3)cc2)cc1. The predicted octanol–water partition coefficient (Wildman–Crippen LogP) is 12.4. The molecule has 278 valence electrons. The van der Waals surface area contributed by atoms with Gasteiger partial charge in [-0.25, -0.2) is 0 Å². The molecule has 59 heavy (non-hydrogen) atoms. The van der Waals surface area contributed by atoms with Gasteiger partial charge in [-0.15, -0.1) is 0 Å². The van der Waals surface area contributed by atoms with E-state index in [0.717, 1.165) is 49.8 Å². The second-order valence-electron chi connectivity index (χ2n) is 15.3. The molecule has 0 fully saturated rings. The molecule has 3 heteroatoms. The monoisotopic (exact) mass is 769 g/mol. The van der Waals surface area contributed by atoms with Crippen LogP contribution in [0.5, 0.6) is 0 Å². The zero-order chi connectivity index (χ0) is 39.2. The first kappa shape index (κ1) is 34.8. The van der Waals surface area contributed by atoms with E-state index in [1.54, 1.807) is 0 Å². The molecule has 10 aromatic carbocycles. The van der Waals surface area contributed by atoms with Gasteiger partial charge >= 0.3 is 0 Å². The zero-order valence-corrected chi connectivity index (χ0v) is 33.4. The van der Waals surface area contributed by atoms with Crippen molar-refractivity contribution in [1.29, 1.82) is 0 Å². The third kappa shape index (κ3) is 5.86. The first-order chi connectivity index (χ1) is 29.3. The largest absolute Gasteiger partial charge is 0.455 e. The summed E-state index contributed by atoms with van der Waals surface area (Å²) in [6, 6.07) is 86.4. The van der Waals surface area contributed by atoms with E-state index in [2.05, 4.69) is 229 Å². The Balaban J connectivity index is 1.01. The summed E-state index contributed by atoms with van der Waals surface area (Å²) in [5.74, 6) is 0. The lowest BCUT2D eigenvalue weighted by Gasteiger charge is -2.34. The molecule has 0 unspecified atom stereocenters. The lowest BCUT2D eigenvalue weighted by molar-refractivity contribution is 0.672. The van der Waals surface area contributed by atoms with Crippen LogP contribution < -0.4 is 25.6 Å². The van der Waals surface area contributed by atoms with Gasteiger partial charge in [-0.2, -0.15) is 0 Å². The van der Waals surface area contributed by atoms with Crippen LogP contribution in [-0.4, -0.2) is 8.07 Å². The minimum atomic E-state index is -2.60.